The van der Waals surface area contributed by atoms with Crippen LogP contribution in [0, 0.1) is 0 Å². The number of aromatic amines is 1. The summed E-state index contributed by atoms with van der Waals surface area (Å²) in [7, 11) is 1.73. The molecule has 194 valence electrons. The SMILES string of the molecule is CCN(CCCOc1ccc2c(Nc3cc(CC(=O)Nc4ccccc4)[nH]n3)cccc2c1)CCOC. The molecule has 8 nitrogen and oxygen atoms in total. The molecule has 8 heteroatoms. The highest BCUT2D eigenvalue weighted by molar-refractivity contribution is 5.96. The number of methoxy groups -OCH3 is 1. The van der Waals surface area contributed by atoms with E-state index in [-0.39, 0.29) is 12.3 Å². The average Bonchev–Trinajstić information content (AvgIpc) is 3.35. The summed E-state index contributed by atoms with van der Waals surface area (Å²) in [4.78, 5) is 14.7. The van der Waals surface area contributed by atoms with Crippen LogP contribution in [0.15, 0.2) is 72.8 Å². The molecule has 3 N–H and O–H groups in total. The van der Waals surface area contributed by atoms with Gasteiger partial charge in [0.1, 0.15) is 5.75 Å². The van der Waals surface area contributed by atoms with Gasteiger partial charge in [0.15, 0.2) is 5.82 Å². The van der Waals surface area contributed by atoms with Crippen LogP contribution in [0.2, 0.25) is 0 Å². The first-order valence-corrected chi connectivity index (χ1v) is 12.7. The Kier molecular flexibility index (Phi) is 9.51. The zero-order valence-electron chi connectivity index (χ0n) is 21.5. The molecule has 0 bridgehead atoms. The third-order valence-corrected chi connectivity index (χ3v) is 6.10. The van der Waals surface area contributed by atoms with Crippen molar-refractivity contribution in [2.24, 2.45) is 0 Å². The van der Waals surface area contributed by atoms with E-state index in [1.54, 1.807) is 7.11 Å². The Morgan fingerprint density at radius 3 is 2.68 bits per heavy atom. The van der Waals surface area contributed by atoms with Gasteiger partial charge in [-0.2, -0.15) is 5.10 Å². The first-order chi connectivity index (χ1) is 18.1. The number of carbonyl (C=O) groups excluding carboxylic acids is 1. The van der Waals surface area contributed by atoms with Crippen LogP contribution in [-0.4, -0.2) is 61.0 Å². The molecule has 0 aliphatic carbocycles. The van der Waals surface area contributed by atoms with Crippen molar-refractivity contribution in [2.45, 2.75) is 19.8 Å². The quantitative estimate of drug-likeness (QED) is 0.205. The van der Waals surface area contributed by atoms with E-state index in [9.17, 15) is 4.79 Å². The lowest BCUT2D eigenvalue weighted by Crippen LogP contribution is -2.29. The van der Waals surface area contributed by atoms with Crippen LogP contribution in [0.3, 0.4) is 0 Å². The average molecular weight is 502 g/mol. The van der Waals surface area contributed by atoms with Gasteiger partial charge in [0.25, 0.3) is 0 Å². The van der Waals surface area contributed by atoms with Gasteiger partial charge >= 0.3 is 0 Å². The van der Waals surface area contributed by atoms with Gasteiger partial charge in [-0.05, 0) is 54.8 Å². The number of nitrogens with zero attached hydrogens (tertiary/aromatic N) is 2. The highest BCUT2D eigenvalue weighted by atomic mass is 16.5. The molecule has 0 saturated heterocycles. The van der Waals surface area contributed by atoms with Gasteiger partial charge in [-0.3, -0.25) is 9.89 Å². The van der Waals surface area contributed by atoms with E-state index in [1.165, 1.54) is 0 Å². The minimum atomic E-state index is -0.100. The molecule has 0 saturated carbocycles. The molecular formula is C29H35N5O3. The van der Waals surface area contributed by atoms with Crippen LogP contribution >= 0.6 is 0 Å². The maximum absolute atomic E-state index is 12.3. The topological polar surface area (TPSA) is 91.5 Å². The highest BCUT2D eigenvalue weighted by Gasteiger charge is 2.10. The Hall–Kier alpha value is -3.88. The fraction of sp³-hybridized carbons (Fsp3) is 0.310. The molecule has 0 radical (unpaired) electrons. The van der Waals surface area contributed by atoms with Crippen LogP contribution in [-0.2, 0) is 16.0 Å². The zero-order chi connectivity index (χ0) is 25.9. The number of H-pyrrole nitrogens is 1. The van der Waals surface area contributed by atoms with Crippen LogP contribution in [0.4, 0.5) is 17.2 Å². The lowest BCUT2D eigenvalue weighted by Gasteiger charge is -2.19. The smallest absolute Gasteiger partial charge is 0.230 e. The number of hydrogen-bond acceptors (Lipinski definition) is 6. The minimum Gasteiger partial charge on any atom is -0.494 e. The van der Waals surface area contributed by atoms with Crippen molar-refractivity contribution in [2.75, 3.05) is 50.6 Å². The maximum atomic E-state index is 12.3. The van der Waals surface area contributed by atoms with Gasteiger partial charge in [-0.25, -0.2) is 0 Å². The Bertz CT molecular complexity index is 1280. The number of anilines is 3. The molecule has 0 fully saturated rings. The third kappa shape index (κ3) is 7.80. The van der Waals surface area contributed by atoms with E-state index in [0.717, 1.165) is 66.3 Å². The van der Waals surface area contributed by atoms with Gasteiger partial charge in [-0.1, -0.05) is 37.3 Å². The van der Waals surface area contributed by atoms with Crippen molar-refractivity contribution in [1.82, 2.24) is 15.1 Å². The van der Waals surface area contributed by atoms with Crippen molar-refractivity contribution in [3.8, 4) is 5.75 Å². The van der Waals surface area contributed by atoms with E-state index >= 15 is 0 Å². The summed E-state index contributed by atoms with van der Waals surface area (Å²) in [6, 6.07) is 23.5. The summed E-state index contributed by atoms with van der Waals surface area (Å²) in [5.74, 6) is 1.41. The van der Waals surface area contributed by atoms with E-state index in [0.29, 0.717) is 12.4 Å². The number of hydrogen-bond donors (Lipinski definition) is 3. The molecule has 3 aromatic carbocycles. The minimum absolute atomic E-state index is 0.100. The Labute approximate surface area is 218 Å². The normalized spacial score (nSPS) is 11.1. The zero-order valence-corrected chi connectivity index (χ0v) is 21.5. The van der Waals surface area contributed by atoms with Gasteiger partial charge in [0.05, 0.1) is 19.6 Å². The molecule has 4 rings (SSSR count). The number of carbonyl (C=O) groups is 1. The predicted molar refractivity (Wildman–Crippen MR) is 149 cm³/mol. The molecular weight excluding hydrogens is 466 g/mol. The first-order valence-electron chi connectivity index (χ1n) is 12.7. The number of fused-ring (bicyclic) bond motifs is 1. The van der Waals surface area contributed by atoms with Gasteiger partial charge in [0.2, 0.25) is 5.91 Å². The van der Waals surface area contributed by atoms with Crippen LogP contribution in [0.5, 0.6) is 5.75 Å². The number of amides is 1. The molecule has 0 aliphatic heterocycles. The number of para-hydroxylation sites is 1. The van der Waals surface area contributed by atoms with Crippen molar-refractivity contribution >= 4 is 33.9 Å². The predicted octanol–water partition coefficient (Wildman–Crippen LogP) is 5.22. The van der Waals surface area contributed by atoms with E-state index in [4.69, 9.17) is 9.47 Å². The number of benzene rings is 3. The lowest BCUT2D eigenvalue weighted by molar-refractivity contribution is -0.115. The second-order valence-corrected chi connectivity index (χ2v) is 8.81. The van der Waals surface area contributed by atoms with Crippen molar-refractivity contribution in [1.29, 1.82) is 0 Å². The van der Waals surface area contributed by atoms with Crippen molar-refractivity contribution < 1.29 is 14.3 Å². The Balaban J connectivity index is 1.32. The van der Waals surface area contributed by atoms with E-state index in [1.807, 2.05) is 54.6 Å². The van der Waals surface area contributed by atoms with Crippen LogP contribution < -0.4 is 15.4 Å². The summed E-state index contributed by atoms with van der Waals surface area (Å²) < 4.78 is 11.2. The summed E-state index contributed by atoms with van der Waals surface area (Å²) in [5, 5.41) is 15.7. The molecule has 0 atom stereocenters. The molecule has 1 aromatic heterocycles. The number of aromatic nitrogens is 2. The van der Waals surface area contributed by atoms with Gasteiger partial charge < -0.3 is 25.0 Å². The van der Waals surface area contributed by atoms with Gasteiger partial charge in [0, 0.05) is 48.7 Å². The summed E-state index contributed by atoms with van der Waals surface area (Å²) in [5.41, 5.74) is 2.44. The molecule has 1 heterocycles. The number of likely N-dealkylation sites (N-methyl/N-ethyl adjacent to an activating group) is 1. The summed E-state index contributed by atoms with van der Waals surface area (Å²) in [6.07, 6.45) is 1.17. The fourth-order valence-corrected chi connectivity index (χ4v) is 4.14. The molecule has 37 heavy (non-hydrogen) atoms. The van der Waals surface area contributed by atoms with E-state index in [2.05, 4.69) is 50.9 Å². The number of ether oxygens (including phenoxy) is 2. The summed E-state index contributed by atoms with van der Waals surface area (Å²) >= 11 is 0. The van der Waals surface area contributed by atoms with Crippen molar-refractivity contribution in [3.63, 3.8) is 0 Å². The summed E-state index contributed by atoms with van der Waals surface area (Å²) in [6.45, 7) is 6.52. The van der Waals surface area contributed by atoms with E-state index < -0.39 is 0 Å². The van der Waals surface area contributed by atoms with Gasteiger partial charge in [-0.15, -0.1) is 0 Å². The molecule has 4 aromatic rings. The highest BCUT2D eigenvalue weighted by Crippen LogP contribution is 2.29. The first kappa shape index (κ1) is 26.2. The second kappa shape index (κ2) is 13.4. The molecule has 0 unspecified atom stereocenters. The standard InChI is InChI=1S/C29H35N5O3/c1-3-34(16-18-36-2)15-8-17-37-25-13-14-26-22(19-25)9-7-12-27(26)31-28-20-24(32-33-28)21-29(35)30-23-10-5-4-6-11-23/h4-7,9-14,19-20H,3,8,15-18,21H2,1-2H3,(H,30,35)(H2,31,32,33). The third-order valence-electron chi connectivity index (χ3n) is 6.10. The molecule has 0 aliphatic rings. The lowest BCUT2D eigenvalue weighted by atomic mass is 10.1. The Morgan fingerprint density at radius 2 is 1.86 bits per heavy atom. The maximum Gasteiger partial charge on any atom is 0.230 e. The number of nitrogens with one attached hydrogen (secondary N) is 3. The van der Waals surface area contributed by atoms with Crippen LogP contribution in [0.1, 0.15) is 19.0 Å². The second-order valence-electron chi connectivity index (χ2n) is 8.81. The number of rotatable bonds is 14. The fourth-order valence-electron chi connectivity index (χ4n) is 4.14. The molecule has 1 amide bonds. The van der Waals surface area contributed by atoms with Crippen LogP contribution in [0.25, 0.3) is 10.8 Å². The Morgan fingerprint density at radius 1 is 1.00 bits per heavy atom. The molecule has 0 spiro atoms. The largest absolute Gasteiger partial charge is 0.494 e. The van der Waals surface area contributed by atoms with Crippen molar-refractivity contribution in [3.05, 3.63) is 78.5 Å². The monoisotopic (exact) mass is 501 g/mol.